The van der Waals surface area contributed by atoms with Gasteiger partial charge in [0.2, 0.25) is 0 Å². The molecule has 0 spiro atoms. The molecule has 0 radical (unpaired) electrons. The van der Waals surface area contributed by atoms with Crippen molar-refractivity contribution >= 4 is 21.7 Å². The predicted octanol–water partition coefficient (Wildman–Crippen LogP) is 4.68. The number of aliphatic hydroxyl groups excluding tert-OH is 1. The van der Waals surface area contributed by atoms with E-state index in [4.69, 9.17) is 4.74 Å². The van der Waals surface area contributed by atoms with Gasteiger partial charge >= 0.3 is 0 Å². The van der Waals surface area contributed by atoms with Crippen molar-refractivity contribution in [3.8, 4) is 5.75 Å². The first-order valence-electron chi connectivity index (χ1n) is 10.7. The fourth-order valence-electron chi connectivity index (χ4n) is 4.63. The number of aromatic nitrogens is 2. The highest BCUT2D eigenvalue weighted by molar-refractivity contribution is 5.86. The van der Waals surface area contributed by atoms with Gasteiger partial charge in [-0.05, 0) is 54.3 Å². The number of pyridine rings is 1. The SMILES string of the molecule is O[C@H]1CC(c2cncc3ccccc23)CCN1CCCOc1cccc2[nH]ccc12. The van der Waals surface area contributed by atoms with Crippen LogP contribution in [0.4, 0.5) is 0 Å². The Morgan fingerprint density at radius 1 is 1.07 bits per heavy atom. The maximum atomic E-state index is 10.8. The quantitative estimate of drug-likeness (QED) is 0.461. The van der Waals surface area contributed by atoms with E-state index < -0.39 is 6.23 Å². The van der Waals surface area contributed by atoms with E-state index in [1.165, 1.54) is 16.3 Å². The number of aromatic amines is 1. The van der Waals surface area contributed by atoms with Gasteiger partial charge in [-0.15, -0.1) is 0 Å². The van der Waals surface area contributed by atoms with Crippen molar-refractivity contribution in [2.75, 3.05) is 19.7 Å². The highest BCUT2D eigenvalue weighted by Gasteiger charge is 2.28. The number of ether oxygens (including phenoxy) is 1. The molecule has 4 aromatic rings. The van der Waals surface area contributed by atoms with Crippen LogP contribution in [-0.4, -0.2) is 45.9 Å². The fourth-order valence-corrected chi connectivity index (χ4v) is 4.63. The van der Waals surface area contributed by atoms with Gasteiger partial charge in [-0.3, -0.25) is 9.88 Å². The second kappa shape index (κ2) is 8.46. The molecule has 1 aliphatic rings. The smallest absolute Gasteiger partial charge is 0.128 e. The summed E-state index contributed by atoms with van der Waals surface area (Å²) in [5.74, 6) is 1.26. The average Bonchev–Trinajstić information content (AvgIpc) is 3.27. The predicted molar refractivity (Wildman–Crippen MR) is 120 cm³/mol. The van der Waals surface area contributed by atoms with Gasteiger partial charge in [0.15, 0.2) is 0 Å². The van der Waals surface area contributed by atoms with Crippen molar-refractivity contribution in [2.24, 2.45) is 0 Å². The largest absolute Gasteiger partial charge is 0.493 e. The molecule has 0 bridgehead atoms. The third-order valence-corrected chi connectivity index (χ3v) is 6.22. The van der Waals surface area contributed by atoms with Crippen molar-refractivity contribution in [3.05, 3.63) is 72.7 Å². The van der Waals surface area contributed by atoms with Gasteiger partial charge in [-0.1, -0.05) is 30.3 Å². The summed E-state index contributed by atoms with van der Waals surface area (Å²) in [7, 11) is 0. The molecule has 2 N–H and O–H groups in total. The maximum absolute atomic E-state index is 10.8. The normalized spacial score (nSPS) is 20.0. The van der Waals surface area contributed by atoms with E-state index in [2.05, 4.69) is 33.1 Å². The molecular weight excluding hydrogens is 374 g/mol. The fraction of sp³-hybridized carbons (Fsp3) is 0.320. The number of hydrogen-bond donors (Lipinski definition) is 2. The van der Waals surface area contributed by atoms with E-state index in [1.807, 2.05) is 48.9 Å². The van der Waals surface area contributed by atoms with Crippen molar-refractivity contribution < 1.29 is 9.84 Å². The van der Waals surface area contributed by atoms with Crippen LogP contribution in [-0.2, 0) is 0 Å². The second-order valence-corrected chi connectivity index (χ2v) is 8.08. The molecule has 2 aromatic heterocycles. The molecule has 154 valence electrons. The zero-order chi connectivity index (χ0) is 20.3. The zero-order valence-electron chi connectivity index (χ0n) is 17.0. The number of likely N-dealkylation sites (tertiary alicyclic amines) is 1. The van der Waals surface area contributed by atoms with Crippen LogP contribution in [0.25, 0.3) is 21.7 Å². The molecule has 5 nitrogen and oxygen atoms in total. The van der Waals surface area contributed by atoms with Crippen LogP contribution in [0, 0.1) is 0 Å². The average molecular weight is 402 g/mol. The number of rotatable bonds is 6. The lowest BCUT2D eigenvalue weighted by Crippen LogP contribution is -2.42. The minimum atomic E-state index is -0.421. The topological polar surface area (TPSA) is 61.4 Å². The van der Waals surface area contributed by atoms with Crippen LogP contribution in [0.5, 0.6) is 5.75 Å². The second-order valence-electron chi connectivity index (χ2n) is 8.08. The summed E-state index contributed by atoms with van der Waals surface area (Å²) >= 11 is 0. The van der Waals surface area contributed by atoms with E-state index >= 15 is 0 Å². The molecule has 0 aliphatic carbocycles. The van der Waals surface area contributed by atoms with Gasteiger partial charge in [-0.2, -0.15) is 0 Å². The van der Waals surface area contributed by atoms with Gasteiger partial charge in [0.1, 0.15) is 12.0 Å². The molecule has 5 rings (SSSR count). The summed E-state index contributed by atoms with van der Waals surface area (Å²) in [5.41, 5.74) is 2.35. The third kappa shape index (κ3) is 3.78. The number of nitrogens with one attached hydrogen (secondary N) is 1. The van der Waals surface area contributed by atoms with Crippen LogP contribution in [0.3, 0.4) is 0 Å². The van der Waals surface area contributed by atoms with E-state index in [1.54, 1.807) is 0 Å². The maximum Gasteiger partial charge on any atom is 0.128 e. The highest BCUT2D eigenvalue weighted by atomic mass is 16.5. The Balaban J connectivity index is 1.16. The zero-order valence-corrected chi connectivity index (χ0v) is 17.0. The molecule has 1 fully saturated rings. The lowest BCUT2D eigenvalue weighted by molar-refractivity contribution is -0.0323. The first-order valence-corrected chi connectivity index (χ1v) is 10.7. The van der Waals surface area contributed by atoms with E-state index in [9.17, 15) is 5.11 Å². The Bertz CT molecular complexity index is 1130. The molecule has 0 amide bonds. The highest BCUT2D eigenvalue weighted by Crippen LogP contribution is 2.34. The van der Waals surface area contributed by atoms with Crippen molar-refractivity contribution in [1.29, 1.82) is 0 Å². The summed E-state index contributed by atoms with van der Waals surface area (Å²) in [5, 5.41) is 14.3. The standard InChI is InChI=1S/C25H27N3O2/c29-25-15-18(22-17-26-16-19-5-1-2-6-20(19)22)10-13-28(25)12-4-14-30-24-8-3-7-23-21(24)9-11-27-23/h1-3,5-9,11,16-18,25,27,29H,4,10,12-15H2/t18?,25-/m0/s1. The van der Waals surface area contributed by atoms with Crippen molar-refractivity contribution in [1.82, 2.24) is 14.9 Å². The number of aliphatic hydroxyl groups is 1. The Labute approximate surface area is 176 Å². The molecule has 1 aliphatic heterocycles. The minimum absolute atomic E-state index is 0.345. The third-order valence-electron chi connectivity index (χ3n) is 6.22. The number of benzene rings is 2. The lowest BCUT2D eigenvalue weighted by Gasteiger charge is -2.36. The molecule has 30 heavy (non-hydrogen) atoms. The summed E-state index contributed by atoms with van der Waals surface area (Å²) in [6.07, 6.45) is 8.08. The summed E-state index contributed by atoms with van der Waals surface area (Å²) < 4.78 is 6.01. The number of hydrogen-bond acceptors (Lipinski definition) is 4. The van der Waals surface area contributed by atoms with Gasteiger partial charge in [0.25, 0.3) is 0 Å². The van der Waals surface area contributed by atoms with Crippen molar-refractivity contribution in [3.63, 3.8) is 0 Å². The van der Waals surface area contributed by atoms with Gasteiger partial charge in [-0.25, -0.2) is 0 Å². The molecule has 5 heteroatoms. The van der Waals surface area contributed by atoms with Gasteiger partial charge in [0.05, 0.1) is 6.61 Å². The number of piperidine rings is 1. The number of nitrogens with zero attached hydrogens (tertiary/aromatic N) is 2. The van der Waals surface area contributed by atoms with Crippen LogP contribution >= 0.6 is 0 Å². The summed E-state index contributed by atoms with van der Waals surface area (Å²) in [6.45, 7) is 2.37. The molecular formula is C25H27N3O2. The Morgan fingerprint density at radius 2 is 2.00 bits per heavy atom. The minimum Gasteiger partial charge on any atom is -0.493 e. The summed E-state index contributed by atoms with van der Waals surface area (Å²) in [6, 6.07) is 16.5. The van der Waals surface area contributed by atoms with Crippen LogP contribution in [0.15, 0.2) is 67.1 Å². The van der Waals surface area contributed by atoms with E-state index in [0.29, 0.717) is 12.5 Å². The molecule has 1 unspecified atom stereocenters. The van der Waals surface area contributed by atoms with Crippen LogP contribution in [0.1, 0.15) is 30.7 Å². The molecule has 1 saturated heterocycles. The van der Waals surface area contributed by atoms with E-state index in [0.717, 1.165) is 49.0 Å². The van der Waals surface area contributed by atoms with Crippen LogP contribution < -0.4 is 4.74 Å². The summed E-state index contributed by atoms with van der Waals surface area (Å²) in [4.78, 5) is 9.81. The van der Waals surface area contributed by atoms with Gasteiger partial charge < -0.3 is 14.8 Å². The van der Waals surface area contributed by atoms with E-state index in [-0.39, 0.29) is 0 Å². The molecule has 3 heterocycles. The van der Waals surface area contributed by atoms with Crippen LogP contribution in [0.2, 0.25) is 0 Å². The first kappa shape index (κ1) is 19.1. The number of fused-ring (bicyclic) bond motifs is 2. The Kier molecular flexibility index (Phi) is 5.39. The Hall–Kier alpha value is -2.89. The molecule has 2 aromatic carbocycles. The first-order chi connectivity index (χ1) is 14.8. The van der Waals surface area contributed by atoms with Crippen molar-refractivity contribution in [2.45, 2.75) is 31.4 Å². The monoisotopic (exact) mass is 401 g/mol. The lowest BCUT2D eigenvalue weighted by atomic mass is 9.87. The Morgan fingerprint density at radius 3 is 2.93 bits per heavy atom. The number of H-pyrrole nitrogens is 1. The molecule has 2 atom stereocenters. The van der Waals surface area contributed by atoms with Gasteiger partial charge in [0, 0.05) is 48.0 Å². The molecule has 0 saturated carbocycles.